The predicted molar refractivity (Wildman–Crippen MR) is 69.7 cm³/mol. The minimum absolute atomic E-state index is 0.0744. The Morgan fingerprint density at radius 3 is 2.50 bits per heavy atom. The Kier molecular flexibility index (Phi) is 3.78. The number of aromatic nitrogens is 2. The molecule has 0 fully saturated rings. The van der Waals surface area contributed by atoms with Crippen LogP contribution in [0.2, 0.25) is 0 Å². The van der Waals surface area contributed by atoms with Gasteiger partial charge in [0.05, 0.1) is 5.56 Å². The van der Waals surface area contributed by atoms with Gasteiger partial charge < -0.3 is 11.5 Å². The van der Waals surface area contributed by atoms with Gasteiger partial charge in [-0.3, -0.25) is 0 Å². The fourth-order valence-electron chi connectivity index (χ4n) is 1.81. The van der Waals surface area contributed by atoms with Crippen LogP contribution in [0, 0.1) is 0 Å². The van der Waals surface area contributed by atoms with Gasteiger partial charge in [0, 0.05) is 11.8 Å². The number of nitrogen functional groups attached to an aromatic ring is 2. The molecule has 0 unspecified atom stereocenters. The lowest BCUT2D eigenvalue weighted by Gasteiger charge is -2.09. The summed E-state index contributed by atoms with van der Waals surface area (Å²) in [4.78, 5) is 7.62. The summed E-state index contributed by atoms with van der Waals surface area (Å²) in [6, 6.07) is 5.21. The van der Waals surface area contributed by atoms with Crippen molar-refractivity contribution in [2.75, 3.05) is 11.5 Å². The molecule has 0 amide bonds. The van der Waals surface area contributed by atoms with Gasteiger partial charge in [-0.25, -0.2) is 4.98 Å². The highest BCUT2D eigenvalue weighted by Crippen LogP contribution is 2.29. The zero-order valence-electron chi connectivity index (χ0n) is 10.5. The van der Waals surface area contributed by atoms with Gasteiger partial charge >= 0.3 is 6.18 Å². The zero-order chi connectivity index (χ0) is 14.8. The highest BCUT2D eigenvalue weighted by atomic mass is 19.4. The second-order valence-corrected chi connectivity index (χ2v) is 4.34. The summed E-state index contributed by atoms with van der Waals surface area (Å²) in [7, 11) is 0. The number of hydrogen-bond donors (Lipinski definition) is 2. The third kappa shape index (κ3) is 3.37. The first-order chi connectivity index (χ1) is 9.36. The Hall–Kier alpha value is -2.31. The molecule has 0 atom stereocenters. The molecular weight excluding hydrogens is 269 g/mol. The van der Waals surface area contributed by atoms with Crippen molar-refractivity contribution < 1.29 is 13.2 Å². The summed E-state index contributed by atoms with van der Waals surface area (Å²) in [6.45, 7) is 0. The Morgan fingerprint density at radius 2 is 1.85 bits per heavy atom. The van der Waals surface area contributed by atoms with Gasteiger partial charge in [0.25, 0.3) is 0 Å². The van der Waals surface area contributed by atoms with Crippen molar-refractivity contribution in [3.63, 3.8) is 0 Å². The van der Waals surface area contributed by atoms with Crippen molar-refractivity contribution in [2.24, 2.45) is 0 Å². The largest absolute Gasteiger partial charge is 0.416 e. The van der Waals surface area contributed by atoms with E-state index in [2.05, 4.69) is 9.97 Å². The van der Waals surface area contributed by atoms with Crippen molar-refractivity contribution in [3.8, 4) is 0 Å². The third-order valence-corrected chi connectivity index (χ3v) is 2.85. The van der Waals surface area contributed by atoms with Gasteiger partial charge in [-0.05, 0) is 24.5 Å². The molecule has 0 saturated carbocycles. The van der Waals surface area contributed by atoms with E-state index in [1.807, 2.05) is 0 Å². The summed E-state index contributed by atoms with van der Waals surface area (Å²) in [6.07, 6.45) is -1.97. The molecule has 0 aliphatic heterocycles. The average Bonchev–Trinajstić information content (AvgIpc) is 2.37. The van der Waals surface area contributed by atoms with E-state index in [1.54, 1.807) is 6.07 Å². The maximum absolute atomic E-state index is 12.6. The van der Waals surface area contributed by atoms with Crippen LogP contribution in [0.4, 0.5) is 24.9 Å². The highest BCUT2D eigenvalue weighted by Gasteiger charge is 2.30. The van der Waals surface area contributed by atoms with Crippen LogP contribution < -0.4 is 11.5 Å². The van der Waals surface area contributed by atoms with Gasteiger partial charge in [0.15, 0.2) is 0 Å². The number of halogens is 3. The maximum atomic E-state index is 12.6. The van der Waals surface area contributed by atoms with Crippen LogP contribution in [-0.2, 0) is 19.0 Å². The van der Waals surface area contributed by atoms with Crippen molar-refractivity contribution in [3.05, 3.63) is 47.2 Å². The van der Waals surface area contributed by atoms with Crippen LogP contribution in [0.15, 0.2) is 30.5 Å². The van der Waals surface area contributed by atoms with Crippen molar-refractivity contribution >= 4 is 11.8 Å². The molecule has 0 bridgehead atoms. The normalized spacial score (nSPS) is 11.6. The molecule has 4 nitrogen and oxygen atoms in total. The minimum atomic E-state index is -4.33. The summed E-state index contributed by atoms with van der Waals surface area (Å²) < 4.78 is 37.8. The molecule has 2 aromatic rings. The first-order valence-electron chi connectivity index (χ1n) is 5.89. The van der Waals surface area contributed by atoms with Crippen LogP contribution in [-0.4, -0.2) is 9.97 Å². The standard InChI is InChI=1S/C13H13F3N4/c14-13(15,16)10-3-1-2-8(6-10)4-5-9-7-19-12(18)20-11(9)17/h1-3,6-7H,4-5H2,(H4,17,18,19,20). The Morgan fingerprint density at radius 1 is 1.10 bits per heavy atom. The molecule has 20 heavy (non-hydrogen) atoms. The Labute approximate surface area is 113 Å². The van der Waals surface area contributed by atoms with Gasteiger partial charge in [-0.15, -0.1) is 0 Å². The van der Waals surface area contributed by atoms with Crippen LogP contribution in [0.25, 0.3) is 0 Å². The first-order valence-corrected chi connectivity index (χ1v) is 5.89. The summed E-state index contributed by atoms with van der Waals surface area (Å²) in [5.74, 6) is 0.329. The molecule has 1 aromatic heterocycles. The second kappa shape index (κ2) is 5.36. The van der Waals surface area contributed by atoms with Crippen LogP contribution in [0.1, 0.15) is 16.7 Å². The molecular formula is C13H13F3N4. The first kappa shape index (κ1) is 14.1. The van der Waals surface area contributed by atoms with E-state index < -0.39 is 11.7 Å². The SMILES string of the molecule is Nc1ncc(CCc2cccc(C(F)(F)F)c2)c(N)n1. The molecule has 0 aliphatic carbocycles. The number of benzene rings is 1. The highest BCUT2D eigenvalue weighted by molar-refractivity contribution is 5.41. The predicted octanol–water partition coefficient (Wildman–Crippen LogP) is 2.44. The van der Waals surface area contributed by atoms with Crippen molar-refractivity contribution in [2.45, 2.75) is 19.0 Å². The van der Waals surface area contributed by atoms with E-state index >= 15 is 0 Å². The van der Waals surface area contributed by atoms with E-state index in [1.165, 1.54) is 12.3 Å². The average molecular weight is 282 g/mol. The zero-order valence-corrected chi connectivity index (χ0v) is 10.5. The number of nitrogens with two attached hydrogens (primary N) is 2. The molecule has 7 heteroatoms. The third-order valence-electron chi connectivity index (χ3n) is 2.85. The molecule has 1 aromatic carbocycles. The Balaban J connectivity index is 2.11. The molecule has 4 N–H and O–H groups in total. The fraction of sp³-hybridized carbons (Fsp3) is 0.231. The lowest BCUT2D eigenvalue weighted by molar-refractivity contribution is -0.137. The van der Waals surface area contributed by atoms with Gasteiger partial charge in [0.2, 0.25) is 5.95 Å². The lowest BCUT2D eigenvalue weighted by atomic mass is 10.0. The lowest BCUT2D eigenvalue weighted by Crippen LogP contribution is -2.06. The molecule has 0 aliphatic rings. The van der Waals surface area contributed by atoms with Gasteiger partial charge in [-0.2, -0.15) is 18.2 Å². The monoisotopic (exact) mass is 282 g/mol. The van der Waals surface area contributed by atoms with Gasteiger partial charge in [-0.1, -0.05) is 18.2 Å². The quantitative estimate of drug-likeness (QED) is 0.906. The molecule has 1 heterocycles. The summed E-state index contributed by atoms with van der Waals surface area (Å²) in [5, 5.41) is 0. The number of anilines is 2. The smallest absolute Gasteiger partial charge is 0.383 e. The molecule has 0 saturated heterocycles. The summed E-state index contributed by atoms with van der Waals surface area (Å²) >= 11 is 0. The van der Waals surface area contributed by atoms with Crippen LogP contribution in [0.3, 0.4) is 0 Å². The number of hydrogen-bond acceptors (Lipinski definition) is 4. The molecule has 0 spiro atoms. The number of rotatable bonds is 3. The van der Waals surface area contributed by atoms with E-state index in [0.29, 0.717) is 24.0 Å². The molecule has 0 radical (unpaired) electrons. The van der Waals surface area contributed by atoms with E-state index in [-0.39, 0.29) is 11.8 Å². The van der Waals surface area contributed by atoms with Crippen LogP contribution in [0.5, 0.6) is 0 Å². The molecule has 106 valence electrons. The summed E-state index contributed by atoms with van der Waals surface area (Å²) in [5.41, 5.74) is 11.6. The number of aryl methyl sites for hydroxylation is 2. The van der Waals surface area contributed by atoms with E-state index in [4.69, 9.17) is 11.5 Å². The van der Waals surface area contributed by atoms with Crippen LogP contribution >= 0.6 is 0 Å². The van der Waals surface area contributed by atoms with E-state index in [0.717, 1.165) is 12.1 Å². The fourth-order valence-corrected chi connectivity index (χ4v) is 1.81. The van der Waals surface area contributed by atoms with Gasteiger partial charge in [0.1, 0.15) is 5.82 Å². The Bertz CT molecular complexity index is 611. The second-order valence-electron chi connectivity index (χ2n) is 4.34. The minimum Gasteiger partial charge on any atom is -0.383 e. The maximum Gasteiger partial charge on any atom is 0.416 e. The number of alkyl halides is 3. The van der Waals surface area contributed by atoms with E-state index in [9.17, 15) is 13.2 Å². The van der Waals surface area contributed by atoms with Crippen molar-refractivity contribution in [1.29, 1.82) is 0 Å². The topological polar surface area (TPSA) is 77.8 Å². The number of nitrogens with zero attached hydrogens (tertiary/aromatic N) is 2. The molecule has 2 rings (SSSR count). The van der Waals surface area contributed by atoms with Crippen molar-refractivity contribution in [1.82, 2.24) is 9.97 Å².